The number of nitrogens with zero attached hydrogens (tertiary/aromatic N) is 3. The Balaban J connectivity index is 0.985. The van der Waals surface area contributed by atoms with Crippen LogP contribution in [0, 0.1) is 0 Å². The summed E-state index contributed by atoms with van der Waals surface area (Å²) >= 11 is 0. The van der Waals surface area contributed by atoms with Gasteiger partial charge in [0.05, 0.1) is 0 Å². The van der Waals surface area contributed by atoms with Crippen LogP contribution in [0.1, 0.15) is 0 Å². The lowest BCUT2D eigenvalue weighted by molar-refractivity contribution is 0.593. The zero-order valence-electron chi connectivity index (χ0n) is 27.0. The molecule has 0 aliphatic carbocycles. The van der Waals surface area contributed by atoms with Crippen molar-refractivity contribution in [2.24, 2.45) is 0 Å². The quantitative estimate of drug-likeness (QED) is 0.167. The standard InChI is InChI=1S/C45H30N3OP/c49-50(41-17-9-7-15-39(41)40-16-8-10-18-42(40)50)38-29-27-34(28-30-38)32-21-19-31(20-22-32)33-23-25-37(26-24-33)45-47-43(35-11-3-1-4-12-35)46-44(48-45)36-13-5-2-6-14-36/h1-30H. The highest BCUT2D eigenvalue weighted by molar-refractivity contribution is 7.86. The average Bonchev–Trinajstić information content (AvgIpc) is 3.47. The Hall–Kier alpha value is -6.22. The number of rotatable bonds is 6. The van der Waals surface area contributed by atoms with E-state index in [1.807, 2.05) is 109 Å². The van der Waals surface area contributed by atoms with Gasteiger partial charge in [0.1, 0.15) is 0 Å². The van der Waals surface area contributed by atoms with Crippen LogP contribution in [0.15, 0.2) is 182 Å². The van der Waals surface area contributed by atoms with E-state index in [0.717, 1.165) is 66.0 Å². The third-order valence-electron chi connectivity index (χ3n) is 9.40. The molecule has 4 nitrogen and oxygen atoms in total. The summed E-state index contributed by atoms with van der Waals surface area (Å²) in [5, 5.41) is 2.71. The van der Waals surface area contributed by atoms with Gasteiger partial charge in [-0.3, -0.25) is 0 Å². The lowest BCUT2D eigenvalue weighted by Crippen LogP contribution is -2.20. The molecule has 0 bridgehead atoms. The van der Waals surface area contributed by atoms with E-state index in [1.54, 1.807) is 0 Å². The molecule has 5 heteroatoms. The molecule has 0 saturated carbocycles. The summed E-state index contributed by atoms with van der Waals surface area (Å²) in [4.78, 5) is 14.5. The summed E-state index contributed by atoms with van der Waals surface area (Å²) in [5.74, 6) is 1.93. The van der Waals surface area contributed by atoms with Gasteiger partial charge in [-0.2, -0.15) is 0 Å². The van der Waals surface area contributed by atoms with Crippen LogP contribution in [0.5, 0.6) is 0 Å². The third-order valence-corrected chi connectivity index (χ3v) is 12.6. The number of hydrogen-bond acceptors (Lipinski definition) is 4. The molecule has 9 rings (SSSR count). The molecule has 236 valence electrons. The largest absolute Gasteiger partial charge is 0.309 e. The van der Waals surface area contributed by atoms with Crippen molar-refractivity contribution in [3.05, 3.63) is 182 Å². The predicted octanol–water partition coefficient (Wildman–Crippen LogP) is 9.83. The van der Waals surface area contributed by atoms with E-state index in [2.05, 4.69) is 72.8 Å². The summed E-state index contributed by atoms with van der Waals surface area (Å²) < 4.78 is 14.8. The Labute approximate surface area is 291 Å². The van der Waals surface area contributed by atoms with Gasteiger partial charge < -0.3 is 4.57 Å². The van der Waals surface area contributed by atoms with Crippen molar-refractivity contribution >= 4 is 23.1 Å². The van der Waals surface area contributed by atoms with Crippen LogP contribution in [0.25, 0.3) is 67.5 Å². The van der Waals surface area contributed by atoms with Crippen molar-refractivity contribution in [2.75, 3.05) is 0 Å². The maximum absolute atomic E-state index is 14.8. The summed E-state index contributed by atoms with van der Waals surface area (Å²) in [6.07, 6.45) is 0. The van der Waals surface area contributed by atoms with Gasteiger partial charge in [-0.15, -0.1) is 0 Å². The second-order valence-corrected chi connectivity index (χ2v) is 15.1. The first-order chi connectivity index (χ1) is 24.6. The van der Waals surface area contributed by atoms with Crippen LogP contribution >= 0.6 is 7.14 Å². The molecule has 0 unspecified atom stereocenters. The second-order valence-electron chi connectivity index (χ2n) is 12.4. The molecule has 0 atom stereocenters. The molecule has 2 heterocycles. The highest BCUT2D eigenvalue weighted by atomic mass is 31.2. The van der Waals surface area contributed by atoms with E-state index < -0.39 is 7.14 Å². The topological polar surface area (TPSA) is 55.7 Å². The van der Waals surface area contributed by atoms with Crippen LogP contribution in [-0.4, -0.2) is 15.0 Å². The van der Waals surface area contributed by atoms with Crippen molar-refractivity contribution in [1.82, 2.24) is 15.0 Å². The Morgan fingerprint density at radius 3 is 1.00 bits per heavy atom. The molecular weight excluding hydrogens is 629 g/mol. The molecular formula is C45H30N3OP. The lowest BCUT2D eigenvalue weighted by atomic mass is 9.99. The highest BCUT2D eigenvalue weighted by Crippen LogP contribution is 2.52. The van der Waals surface area contributed by atoms with Gasteiger partial charge in [-0.1, -0.05) is 182 Å². The summed E-state index contributed by atoms with van der Waals surface area (Å²) in [6.45, 7) is 0. The fourth-order valence-electron chi connectivity index (χ4n) is 6.83. The molecule has 0 N–H and O–H groups in total. The maximum Gasteiger partial charge on any atom is 0.172 e. The Bertz CT molecular complexity index is 2420. The first-order valence-corrected chi connectivity index (χ1v) is 18.3. The zero-order chi connectivity index (χ0) is 33.5. The van der Waals surface area contributed by atoms with Gasteiger partial charge in [0.25, 0.3) is 0 Å². The SMILES string of the molecule is O=P1(c2ccc(-c3ccc(-c4ccc(-c5nc(-c6ccccc6)nc(-c6ccccc6)n5)cc4)cc3)cc2)c2ccccc2-c2ccccc21. The van der Waals surface area contributed by atoms with Crippen molar-refractivity contribution in [3.63, 3.8) is 0 Å². The fourth-order valence-corrected chi connectivity index (χ4v) is 9.87. The second kappa shape index (κ2) is 12.3. The first kappa shape index (κ1) is 29.9. The van der Waals surface area contributed by atoms with Gasteiger partial charge in [-0.25, -0.2) is 15.0 Å². The van der Waals surface area contributed by atoms with Crippen molar-refractivity contribution in [2.45, 2.75) is 0 Å². The van der Waals surface area contributed by atoms with Crippen LogP contribution in [0.4, 0.5) is 0 Å². The molecule has 0 saturated heterocycles. The van der Waals surface area contributed by atoms with Crippen molar-refractivity contribution in [1.29, 1.82) is 0 Å². The smallest absolute Gasteiger partial charge is 0.172 e. The van der Waals surface area contributed by atoms with E-state index in [1.165, 1.54) is 0 Å². The normalized spacial score (nSPS) is 12.6. The van der Waals surface area contributed by atoms with Gasteiger partial charge in [0.15, 0.2) is 24.6 Å². The van der Waals surface area contributed by atoms with E-state index in [4.69, 9.17) is 15.0 Å². The number of hydrogen-bond donors (Lipinski definition) is 0. The van der Waals surface area contributed by atoms with Gasteiger partial charge in [0.2, 0.25) is 0 Å². The van der Waals surface area contributed by atoms with Crippen LogP contribution in [-0.2, 0) is 4.57 Å². The molecule has 1 aliphatic heterocycles. The minimum Gasteiger partial charge on any atom is -0.309 e. The maximum atomic E-state index is 14.8. The lowest BCUT2D eigenvalue weighted by Gasteiger charge is -2.16. The van der Waals surface area contributed by atoms with Gasteiger partial charge >= 0.3 is 0 Å². The van der Waals surface area contributed by atoms with E-state index in [9.17, 15) is 4.57 Å². The number of aromatic nitrogens is 3. The Kier molecular flexibility index (Phi) is 7.38. The van der Waals surface area contributed by atoms with Gasteiger partial charge in [0, 0.05) is 32.6 Å². The number of fused-ring (bicyclic) bond motifs is 3. The van der Waals surface area contributed by atoms with Crippen LogP contribution in [0.3, 0.4) is 0 Å². The fraction of sp³-hybridized carbons (Fsp3) is 0. The van der Waals surface area contributed by atoms with Crippen molar-refractivity contribution < 1.29 is 4.57 Å². The molecule has 0 fully saturated rings. The molecule has 0 amide bonds. The van der Waals surface area contributed by atoms with Crippen molar-refractivity contribution in [3.8, 4) is 67.5 Å². The average molecular weight is 660 g/mol. The zero-order valence-corrected chi connectivity index (χ0v) is 27.9. The van der Waals surface area contributed by atoms with Gasteiger partial charge in [-0.05, 0) is 33.4 Å². The predicted molar refractivity (Wildman–Crippen MR) is 205 cm³/mol. The molecule has 8 aromatic rings. The molecule has 7 aromatic carbocycles. The minimum absolute atomic E-state index is 0.634. The monoisotopic (exact) mass is 659 g/mol. The molecule has 0 spiro atoms. The molecule has 0 radical (unpaired) electrons. The number of benzene rings is 7. The third kappa shape index (κ3) is 5.18. The van der Waals surface area contributed by atoms with Crippen LogP contribution in [0.2, 0.25) is 0 Å². The molecule has 50 heavy (non-hydrogen) atoms. The summed E-state index contributed by atoms with van der Waals surface area (Å²) in [6, 6.07) is 61.4. The minimum atomic E-state index is -2.94. The Morgan fingerprint density at radius 2 is 0.600 bits per heavy atom. The van der Waals surface area contributed by atoms with E-state index >= 15 is 0 Å². The van der Waals surface area contributed by atoms with E-state index in [-0.39, 0.29) is 0 Å². The van der Waals surface area contributed by atoms with Crippen LogP contribution < -0.4 is 15.9 Å². The highest BCUT2D eigenvalue weighted by Gasteiger charge is 2.39. The molecule has 1 aromatic heterocycles. The first-order valence-electron chi connectivity index (χ1n) is 16.6. The summed E-state index contributed by atoms with van der Waals surface area (Å²) in [7, 11) is -2.94. The summed E-state index contributed by atoms with van der Waals surface area (Å²) in [5.41, 5.74) is 9.37. The molecule has 1 aliphatic rings. The van der Waals surface area contributed by atoms with E-state index in [0.29, 0.717) is 17.5 Å². The Morgan fingerprint density at radius 1 is 0.300 bits per heavy atom.